The summed E-state index contributed by atoms with van der Waals surface area (Å²) in [5.74, 6) is 0.856. The number of fused-ring (bicyclic) bond motifs is 1. The Bertz CT molecular complexity index is 880. The Hall–Kier alpha value is -2.33. The lowest BCUT2D eigenvalue weighted by Crippen LogP contribution is -2.41. The van der Waals surface area contributed by atoms with Crippen molar-refractivity contribution in [3.05, 3.63) is 64.7 Å². The van der Waals surface area contributed by atoms with Crippen LogP contribution in [0.5, 0.6) is 5.75 Å². The van der Waals surface area contributed by atoms with Crippen LogP contribution >= 0.6 is 0 Å². The van der Waals surface area contributed by atoms with Gasteiger partial charge >= 0.3 is 0 Å². The number of ether oxygens (including phenoxy) is 1. The Morgan fingerprint density at radius 1 is 1.07 bits per heavy atom. The van der Waals surface area contributed by atoms with E-state index in [1.54, 1.807) is 0 Å². The highest BCUT2D eigenvalue weighted by atomic mass is 16.5. The molecule has 30 heavy (non-hydrogen) atoms. The molecule has 0 aliphatic carbocycles. The minimum atomic E-state index is -0.310. The van der Waals surface area contributed by atoms with Gasteiger partial charge in [-0.15, -0.1) is 0 Å². The van der Waals surface area contributed by atoms with Crippen molar-refractivity contribution in [2.75, 3.05) is 13.1 Å². The second-order valence-corrected chi connectivity index (χ2v) is 9.52. The first-order valence-corrected chi connectivity index (χ1v) is 11.3. The number of benzene rings is 2. The Labute approximate surface area is 180 Å². The molecule has 1 N–H and O–H groups in total. The van der Waals surface area contributed by atoms with Crippen molar-refractivity contribution in [3.8, 4) is 5.75 Å². The molecule has 4 rings (SSSR count). The molecule has 0 aromatic heterocycles. The van der Waals surface area contributed by atoms with Gasteiger partial charge in [0.2, 0.25) is 0 Å². The molecule has 2 aliphatic rings. The Morgan fingerprint density at radius 2 is 1.77 bits per heavy atom. The van der Waals surface area contributed by atoms with E-state index in [1.807, 2.05) is 12.1 Å². The van der Waals surface area contributed by atoms with E-state index < -0.39 is 0 Å². The zero-order chi connectivity index (χ0) is 21.1. The van der Waals surface area contributed by atoms with Crippen LogP contribution in [0.1, 0.15) is 79.0 Å². The van der Waals surface area contributed by atoms with Crippen molar-refractivity contribution in [2.24, 2.45) is 0 Å². The molecular formula is C26H34N2O2. The van der Waals surface area contributed by atoms with Crippen LogP contribution < -0.4 is 10.1 Å². The van der Waals surface area contributed by atoms with Crippen LogP contribution in [0.2, 0.25) is 0 Å². The van der Waals surface area contributed by atoms with Crippen molar-refractivity contribution in [2.45, 2.75) is 71.1 Å². The molecule has 0 radical (unpaired) electrons. The third-order valence-corrected chi connectivity index (χ3v) is 6.25. The average Bonchev–Trinajstić information content (AvgIpc) is 2.96. The predicted octanol–water partition coefficient (Wildman–Crippen LogP) is 5.40. The van der Waals surface area contributed by atoms with E-state index in [0.29, 0.717) is 5.56 Å². The van der Waals surface area contributed by atoms with Crippen LogP contribution in [0.15, 0.2) is 42.5 Å². The molecule has 1 amide bonds. The van der Waals surface area contributed by atoms with E-state index >= 15 is 0 Å². The summed E-state index contributed by atoms with van der Waals surface area (Å²) in [4.78, 5) is 15.5. The number of likely N-dealkylation sites (tertiary alicyclic amines) is 1. The molecule has 0 spiro atoms. The number of hydrogen-bond acceptors (Lipinski definition) is 3. The van der Waals surface area contributed by atoms with Crippen molar-refractivity contribution < 1.29 is 9.53 Å². The highest BCUT2D eigenvalue weighted by Gasteiger charge is 2.34. The van der Waals surface area contributed by atoms with E-state index in [2.05, 4.69) is 61.3 Å². The van der Waals surface area contributed by atoms with Crippen molar-refractivity contribution in [1.29, 1.82) is 0 Å². The summed E-state index contributed by atoms with van der Waals surface area (Å²) in [5.41, 5.74) is 3.91. The lowest BCUT2D eigenvalue weighted by Gasteiger charge is -2.38. The van der Waals surface area contributed by atoms with Crippen LogP contribution in [-0.4, -0.2) is 29.5 Å². The quantitative estimate of drug-likeness (QED) is 0.739. The number of carbonyl (C=O) groups excluding carboxylic acids is 1. The monoisotopic (exact) mass is 406 g/mol. The van der Waals surface area contributed by atoms with Gasteiger partial charge in [0.25, 0.3) is 5.91 Å². The van der Waals surface area contributed by atoms with E-state index in [4.69, 9.17) is 4.74 Å². The maximum atomic E-state index is 13.0. The average molecular weight is 407 g/mol. The minimum absolute atomic E-state index is 0.0226. The summed E-state index contributed by atoms with van der Waals surface area (Å²) in [6.45, 7) is 9.56. The van der Waals surface area contributed by atoms with Crippen molar-refractivity contribution >= 4 is 5.91 Å². The topological polar surface area (TPSA) is 41.6 Å². The molecule has 4 heteroatoms. The lowest BCUT2D eigenvalue weighted by molar-refractivity contribution is 0.0619. The SMILES string of the molecule is Cc1ccc2c(c1)OC(C)(C)C[C@H]2NC(=O)c1ccc(CN2CCCCCC2)cc1. The van der Waals surface area contributed by atoms with Gasteiger partial charge in [-0.3, -0.25) is 9.69 Å². The molecule has 1 saturated heterocycles. The fourth-order valence-electron chi connectivity index (χ4n) is 4.64. The van der Waals surface area contributed by atoms with Gasteiger partial charge in [0.05, 0.1) is 6.04 Å². The standard InChI is InChI=1S/C26H34N2O2/c1-19-8-13-22-23(17-26(2,3)30-24(22)16-19)27-25(29)21-11-9-20(10-12-21)18-28-14-6-4-5-7-15-28/h8-13,16,23H,4-7,14-15,17-18H2,1-3H3,(H,27,29)/t23-/m1/s1. The Balaban J connectivity index is 1.43. The number of nitrogens with zero attached hydrogens (tertiary/aromatic N) is 1. The highest BCUT2D eigenvalue weighted by Crippen LogP contribution is 2.40. The zero-order valence-electron chi connectivity index (χ0n) is 18.5. The van der Waals surface area contributed by atoms with Gasteiger partial charge in [0.15, 0.2) is 0 Å². The number of hydrogen-bond donors (Lipinski definition) is 1. The van der Waals surface area contributed by atoms with E-state index in [1.165, 1.54) is 44.3 Å². The van der Waals surface area contributed by atoms with Gasteiger partial charge < -0.3 is 10.1 Å². The molecule has 2 heterocycles. The first-order valence-electron chi connectivity index (χ1n) is 11.3. The van der Waals surface area contributed by atoms with E-state index in [-0.39, 0.29) is 17.6 Å². The maximum Gasteiger partial charge on any atom is 0.251 e. The molecule has 0 unspecified atom stereocenters. The normalized spacial score (nSPS) is 21.2. The van der Waals surface area contributed by atoms with Gasteiger partial charge in [-0.2, -0.15) is 0 Å². The number of aryl methyl sites for hydroxylation is 1. The van der Waals surface area contributed by atoms with Crippen molar-refractivity contribution in [3.63, 3.8) is 0 Å². The molecule has 2 aliphatic heterocycles. The minimum Gasteiger partial charge on any atom is -0.487 e. The van der Waals surface area contributed by atoms with Crippen LogP contribution in [0.3, 0.4) is 0 Å². The van der Waals surface area contributed by atoms with Gasteiger partial charge in [0.1, 0.15) is 11.4 Å². The van der Waals surface area contributed by atoms with Crippen LogP contribution in [0.25, 0.3) is 0 Å². The summed E-state index contributed by atoms with van der Waals surface area (Å²) in [5, 5.41) is 3.25. The largest absolute Gasteiger partial charge is 0.487 e. The van der Waals surface area contributed by atoms with Crippen LogP contribution in [-0.2, 0) is 6.54 Å². The fraction of sp³-hybridized carbons (Fsp3) is 0.500. The summed E-state index contributed by atoms with van der Waals surface area (Å²) < 4.78 is 6.16. The Morgan fingerprint density at radius 3 is 2.47 bits per heavy atom. The summed E-state index contributed by atoms with van der Waals surface area (Å²) in [7, 11) is 0. The number of amides is 1. The molecule has 0 saturated carbocycles. The smallest absolute Gasteiger partial charge is 0.251 e. The van der Waals surface area contributed by atoms with Crippen LogP contribution in [0.4, 0.5) is 0 Å². The van der Waals surface area contributed by atoms with E-state index in [0.717, 1.165) is 29.8 Å². The van der Waals surface area contributed by atoms with Gasteiger partial charge in [-0.05, 0) is 76.0 Å². The molecule has 1 fully saturated rings. The first-order chi connectivity index (χ1) is 14.4. The molecule has 2 aromatic rings. The Kier molecular flexibility index (Phi) is 6.14. The van der Waals surface area contributed by atoms with E-state index in [9.17, 15) is 4.79 Å². The van der Waals surface area contributed by atoms with Gasteiger partial charge in [-0.25, -0.2) is 0 Å². The second kappa shape index (κ2) is 8.81. The summed E-state index contributed by atoms with van der Waals surface area (Å²) >= 11 is 0. The fourth-order valence-corrected chi connectivity index (χ4v) is 4.64. The molecule has 0 bridgehead atoms. The number of carbonyl (C=O) groups is 1. The number of rotatable bonds is 4. The molecule has 2 aromatic carbocycles. The third kappa shape index (κ3) is 5.04. The predicted molar refractivity (Wildman–Crippen MR) is 121 cm³/mol. The first kappa shape index (κ1) is 20.9. The van der Waals surface area contributed by atoms with Crippen molar-refractivity contribution in [1.82, 2.24) is 10.2 Å². The summed E-state index contributed by atoms with van der Waals surface area (Å²) in [6, 6.07) is 14.3. The van der Waals surface area contributed by atoms with Crippen LogP contribution in [0, 0.1) is 6.92 Å². The number of nitrogens with one attached hydrogen (secondary N) is 1. The molecule has 160 valence electrons. The molecule has 4 nitrogen and oxygen atoms in total. The van der Waals surface area contributed by atoms with Gasteiger partial charge in [-0.1, -0.05) is 37.1 Å². The second-order valence-electron chi connectivity index (χ2n) is 9.52. The summed E-state index contributed by atoms with van der Waals surface area (Å²) in [6.07, 6.45) is 6.04. The molecular weight excluding hydrogens is 372 g/mol. The molecule has 1 atom stereocenters. The zero-order valence-corrected chi connectivity index (χ0v) is 18.5. The maximum absolute atomic E-state index is 13.0. The third-order valence-electron chi connectivity index (χ3n) is 6.25. The lowest BCUT2D eigenvalue weighted by atomic mass is 9.89. The van der Waals surface area contributed by atoms with Gasteiger partial charge in [0, 0.05) is 24.1 Å². The highest BCUT2D eigenvalue weighted by molar-refractivity contribution is 5.94.